The lowest BCUT2D eigenvalue weighted by molar-refractivity contribution is -0.121. The van der Waals surface area contributed by atoms with Crippen LogP contribution >= 0.6 is 11.8 Å². The number of hydrogen-bond acceptors (Lipinski definition) is 3. The number of rotatable bonds is 5. The van der Waals surface area contributed by atoms with Crippen LogP contribution in [0.1, 0.15) is 6.92 Å². The SMILES string of the molecule is CNC(=O)C(C)Nc1ccccc1SC(F)F. The van der Waals surface area contributed by atoms with Crippen molar-refractivity contribution in [3.8, 4) is 0 Å². The summed E-state index contributed by atoms with van der Waals surface area (Å²) in [5, 5.41) is 5.39. The number of thioether (sulfide) groups is 1. The first-order valence-corrected chi connectivity index (χ1v) is 5.94. The molecule has 6 heteroatoms. The lowest BCUT2D eigenvalue weighted by Crippen LogP contribution is -2.35. The molecule has 0 saturated heterocycles. The van der Waals surface area contributed by atoms with Crippen LogP contribution in [-0.2, 0) is 4.79 Å². The second-order valence-electron chi connectivity index (χ2n) is 3.35. The van der Waals surface area contributed by atoms with Crippen molar-refractivity contribution >= 4 is 23.4 Å². The first kappa shape index (κ1) is 13.8. The highest BCUT2D eigenvalue weighted by Gasteiger charge is 2.14. The van der Waals surface area contributed by atoms with Crippen molar-refractivity contribution in [3.05, 3.63) is 24.3 Å². The average molecular weight is 260 g/mol. The van der Waals surface area contributed by atoms with Gasteiger partial charge in [-0.05, 0) is 19.1 Å². The zero-order valence-corrected chi connectivity index (χ0v) is 10.4. The van der Waals surface area contributed by atoms with Crippen LogP contribution in [0.25, 0.3) is 0 Å². The van der Waals surface area contributed by atoms with Gasteiger partial charge in [0.2, 0.25) is 5.91 Å². The fourth-order valence-corrected chi connectivity index (χ4v) is 1.90. The zero-order chi connectivity index (χ0) is 12.8. The first-order chi connectivity index (χ1) is 8.04. The van der Waals surface area contributed by atoms with Gasteiger partial charge in [-0.1, -0.05) is 23.9 Å². The van der Waals surface area contributed by atoms with Gasteiger partial charge in [-0.25, -0.2) is 0 Å². The van der Waals surface area contributed by atoms with Gasteiger partial charge in [0.1, 0.15) is 6.04 Å². The molecule has 1 atom stereocenters. The molecular formula is C11H14F2N2OS. The molecule has 0 aliphatic carbocycles. The number of alkyl halides is 2. The summed E-state index contributed by atoms with van der Waals surface area (Å²) in [6, 6.07) is 6.20. The maximum Gasteiger partial charge on any atom is 0.288 e. The molecule has 94 valence electrons. The number of amides is 1. The third-order valence-electron chi connectivity index (χ3n) is 2.11. The summed E-state index contributed by atoms with van der Waals surface area (Å²) in [7, 11) is 1.53. The summed E-state index contributed by atoms with van der Waals surface area (Å²) < 4.78 is 24.6. The molecule has 0 aliphatic rings. The maximum absolute atomic E-state index is 12.3. The minimum Gasteiger partial charge on any atom is -0.373 e. The number of carbonyl (C=O) groups is 1. The van der Waals surface area contributed by atoms with E-state index in [1.165, 1.54) is 7.05 Å². The molecule has 1 aromatic rings. The van der Waals surface area contributed by atoms with Crippen molar-refractivity contribution in [1.82, 2.24) is 5.32 Å². The molecule has 0 radical (unpaired) electrons. The Labute approximate surface area is 103 Å². The van der Waals surface area contributed by atoms with Gasteiger partial charge in [0.25, 0.3) is 5.76 Å². The van der Waals surface area contributed by atoms with Crippen molar-refractivity contribution in [1.29, 1.82) is 0 Å². The molecule has 0 saturated carbocycles. The van der Waals surface area contributed by atoms with Crippen LogP contribution in [0, 0.1) is 0 Å². The first-order valence-electron chi connectivity index (χ1n) is 5.06. The van der Waals surface area contributed by atoms with Crippen molar-refractivity contribution < 1.29 is 13.6 Å². The van der Waals surface area contributed by atoms with E-state index in [1.54, 1.807) is 31.2 Å². The van der Waals surface area contributed by atoms with Gasteiger partial charge in [-0.3, -0.25) is 4.79 Å². The number of hydrogen-bond donors (Lipinski definition) is 2. The molecule has 1 unspecified atom stereocenters. The van der Waals surface area contributed by atoms with Crippen molar-refractivity contribution in [2.24, 2.45) is 0 Å². The van der Waals surface area contributed by atoms with E-state index in [0.29, 0.717) is 22.3 Å². The highest BCUT2D eigenvalue weighted by molar-refractivity contribution is 7.99. The Kier molecular flexibility index (Phi) is 5.21. The molecule has 1 rings (SSSR count). The van der Waals surface area contributed by atoms with Crippen LogP contribution in [0.15, 0.2) is 29.2 Å². The number of halogens is 2. The lowest BCUT2D eigenvalue weighted by atomic mass is 10.2. The van der Waals surface area contributed by atoms with Gasteiger partial charge < -0.3 is 10.6 Å². The molecule has 0 aromatic heterocycles. The predicted molar refractivity (Wildman–Crippen MR) is 65.5 cm³/mol. The Morgan fingerprint density at radius 1 is 1.35 bits per heavy atom. The zero-order valence-electron chi connectivity index (χ0n) is 9.54. The Bertz CT molecular complexity index is 387. The topological polar surface area (TPSA) is 41.1 Å². The molecule has 0 aliphatic heterocycles. The fourth-order valence-electron chi connectivity index (χ4n) is 1.30. The Balaban J connectivity index is 2.79. The molecule has 17 heavy (non-hydrogen) atoms. The van der Waals surface area contributed by atoms with Gasteiger partial charge >= 0.3 is 0 Å². The Morgan fingerprint density at radius 3 is 2.59 bits per heavy atom. The molecule has 0 spiro atoms. The third kappa shape index (κ3) is 4.22. The minimum atomic E-state index is -2.48. The van der Waals surface area contributed by atoms with Crippen molar-refractivity contribution in [2.45, 2.75) is 23.6 Å². The molecule has 1 aromatic carbocycles. The number of benzene rings is 1. The van der Waals surface area contributed by atoms with Crippen LogP contribution in [-0.4, -0.2) is 24.8 Å². The molecular weight excluding hydrogens is 246 g/mol. The van der Waals surface area contributed by atoms with Crippen LogP contribution in [0.5, 0.6) is 0 Å². The lowest BCUT2D eigenvalue weighted by Gasteiger charge is -2.16. The van der Waals surface area contributed by atoms with E-state index in [0.717, 1.165) is 0 Å². The number of nitrogens with one attached hydrogen (secondary N) is 2. The highest BCUT2D eigenvalue weighted by Crippen LogP contribution is 2.31. The summed E-state index contributed by atoms with van der Waals surface area (Å²) in [5.41, 5.74) is 0.536. The van der Waals surface area contributed by atoms with Gasteiger partial charge in [0, 0.05) is 17.6 Å². The number of anilines is 1. The van der Waals surface area contributed by atoms with Crippen LogP contribution in [0.2, 0.25) is 0 Å². The van der Waals surface area contributed by atoms with Crippen molar-refractivity contribution in [3.63, 3.8) is 0 Å². The number of carbonyl (C=O) groups excluding carboxylic acids is 1. The number of para-hydroxylation sites is 1. The van der Waals surface area contributed by atoms with Crippen LogP contribution < -0.4 is 10.6 Å². The van der Waals surface area contributed by atoms with Crippen LogP contribution in [0.4, 0.5) is 14.5 Å². The average Bonchev–Trinajstić information content (AvgIpc) is 2.29. The van der Waals surface area contributed by atoms with Crippen molar-refractivity contribution in [2.75, 3.05) is 12.4 Å². The van der Waals surface area contributed by atoms with Gasteiger partial charge in [-0.2, -0.15) is 8.78 Å². The van der Waals surface area contributed by atoms with Gasteiger partial charge in [-0.15, -0.1) is 0 Å². The summed E-state index contributed by atoms with van der Waals surface area (Å²) in [6.07, 6.45) is 0. The molecule has 1 amide bonds. The van der Waals surface area contributed by atoms with E-state index in [9.17, 15) is 13.6 Å². The standard InChI is InChI=1S/C11H14F2N2OS/c1-7(10(16)14-2)15-8-5-3-4-6-9(8)17-11(12)13/h3-7,11,15H,1-2H3,(H,14,16). The summed E-state index contributed by atoms with van der Waals surface area (Å²) in [5.74, 6) is -2.67. The van der Waals surface area contributed by atoms with Crippen LogP contribution in [0.3, 0.4) is 0 Å². The molecule has 0 bridgehead atoms. The smallest absolute Gasteiger partial charge is 0.288 e. The Hall–Kier alpha value is -1.30. The predicted octanol–water partition coefficient (Wildman–Crippen LogP) is 2.55. The highest BCUT2D eigenvalue weighted by atomic mass is 32.2. The van der Waals surface area contributed by atoms with E-state index in [-0.39, 0.29) is 5.91 Å². The molecule has 3 nitrogen and oxygen atoms in total. The fraction of sp³-hybridized carbons (Fsp3) is 0.364. The molecule has 2 N–H and O–H groups in total. The molecule has 0 fully saturated rings. The summed E-state index contributed by atoms with van der Waals surface area (Å²) >= 11 is 0.459. The largest absolute Gasteiger partial charge is 0.373 e. The van der Waals surface area contributed by atoms with Gasteiger partial charge in [0.05, 0.1) is 0 Å². The van der Waals surface area contributed by atoms with E-state index in [1.807, 2.05) is 0 Å². The van der Waals surface area contributed by atoms with E-state index < -0.39 is 11.8 Å². The quantitative estimate of drug-likeness (QED) is 0.799. The molecule has 0 heterocycles. The van der Waals surface area contributed by atoms with E-state index in [4.69, 9.17) is 0 Å². The van der Waals surface area contributed by atoms with Gasteiger partial charge in [0.15, 0.2) is 0 Å². The summed E-state index contributed by atoms with van der Waals surface area (Å²) in [4.78, 5) is 11.8. The minimum absolute atomic E-state index is 0.193. The monoisotopic (exact) mass is 260 g/mol. The second-order valence-corrected chi connectivity index (χ2v) is 4.39. The normalized spacial score (nSPS) is 12.3. The summed E-state index contributed by atoms with van der Waals surface area (Å²) in [6.45, 7) is 1.67. The third-order valence-corrected chi connectivity index (χ3v) is 2.90. The van der Waals surface area contributed by atoms with E-state index in [2.05, 4.69) is 10.6 Å². The maximum atomic E-state index is 12.3. The second kappa shape index (κ2) is 6.44. The Morgan fingerprint density at radius 2 is 2.00 bits per heavy atom. The number of likely N-dealkylation sites (N-methyl/N-ethyl adjacent to an activating group) is 1. The van der Waals surface area contributed by atoms with E-state index >= 15 is 0 Å².